The maximum absolute atomic E-state index is 10.3. The molecule has 18 heavy (non-hydrogen) atoms. The van der Waals surface area contributed by atoms with Crippen LogP contribution in [-0.4, -0.2) is 35.3 Å². The quantitative estimate of drug-likeness (QED) is 0.879. The predicted octanol–water partition coefficient (Wildman–Crippen LogP) is 3.07. The van der Waals surface area contributed by atoms with Crippen molar-refractivity contribution < 1.29 is 10.2 Å². The second-order valence-corrected chi connectivity index (χ2v) is 5.73. The number of aromatic hydroxyl groups is 1. The molecule has 0 spiro atoms. The van der Waals surface area contributed by atoms with Crippen molar-refractivity contribution in [3.8, 4) is 5.75 Å². The van der Waals surface area contributed by atoms with E-state index in [-0.39, 0.29) is 11.7 Å². The molecule has 0 amide bonds. The van der Waals surface area contributed by atoms with Gasteiger partial charge in [0.25, 0.3) is 0 Å². The van der Waals surface area contributed by atoms with Gasteiger partial charge in [-0.25, -0.2) is 0 Å². The Balaban J connectivity index is 2.18. The number of nitrogens with zero attached hydrogens (tertiary/aromatic N) is 1. The van der Waals surface area contributed by atoms with Crippen LogP contribution in [0.4, 0.5) is 0 Å². The highest BCUT2D eigenvalue weighted by atomic mass is 35.5. The van der Waals surface area contributed by atoms with E-state index in [0.29, 0.717) is 15.6 Å². The van der Waals surface area contributed by atoms with E-state index in [1.165, 1.54) is 6.07 Å². The summed E-state index contributed by atoms with van der Waals surface area (Å²) in [6, 6.07) is 2.94. The molecule has 1 saturated heterocycles. The van der Waals surface area contributed by atoms with Gasteiger partial charge in [-0.1, -0.05) is 23.2 Å². The molecule has 0 unspecified atom stereocenters. The van der Waals surface area contributed by atoms with Gasteiger partial charge in [0.15, 0.2) is 0 Å². The zero-order valence-corrected chi connectivity index (χ0v) is 11.7. The van der Waals surface area contributed by atoms with Gasteiger partial charge in [0.05, 0.1) is 16.1 Å². The molecule has 100 valence electrons. The van der Waals surface area contributed by atoms with Crippen LogP contribution in [0.2, 0.25) is 10.0 Å². The topological polar surface area (TPSA) is 43.7 Å². The highest BCUT2D eigenvalue weighted by Gasteiger charge is 2.27. The van der Waals surface area contributed by atoms with Gasteiger partial charge in [0, 0.05) is 11.6 Å². The summed E-state index contributed by atoms with van der Waals surface area (Å²) in [5, 5.41) is 20.9. The number of benzene rings is 1. The summed E-state index contributed by atoms with van der Waals surface area (Å²) in [5.41, 5.74) is 0.471. The number of rotatable bonds is 2. The van der Waals surface area contributed by atoms with Crippen molar-refractivity contribution in [1.82, 2.24) is 4.90 Å². The average molecular weight is 290 g/mol. The monoisotopic (exact) mass is 289 g/mol. The molecule has 0 bridgehead atoms. The Bertz CT molecular complexity index is 431. The third-order valence-electron chi connectivity index (χ3n) is 3.60. The number of halogens is 2. The van der Waals surface area contributed by atoms with Crippen LogP contribution >= 0.6 is 23.2 Å². The van der Waals surface area contributed by atoms with E-state index >= 15 is 0 Å². The van der Waals surface area contributed by atoms with E-state index in [9.17, 15) is 10.2 Å². The second kappa shape index (κ2) is 5.66. The van der Waals surface area contributed by atoms with Crippen LogP contribution in [0.1, 0.15) is 24.5 Å². The summed E-state index contributed by atoms with van der Waals surface area (Å²) in [4.78, 5) is 2.23. The van der Waals surface area contributed by atoms with Crippen molar-refractivity contribution in [2.45, 2.75) is 18.9 Å². The lowest BCUT2D eigenvalue weighted by Crippen LogP contribution is -2.32. The predicted molar refractivity (Wildman–Crippen MR) is 73.3 cm³/mol. The zero-order chi connectivity index (χ0) is 13.3. The van der Waals surface area contributed by atoms with E-state index < -0.39 is 6.10 Å². The normalized spacial score (nSPS) is 20.0. The lowest BCUT2D eigenvalue weighted by atomic mass is 9.87. The van der Waals surface area contributed by atoms with E-state index in [2.05, 4.69) is 11.9 Å². The second-order valence-electron chi connectivity index (χ2n) is 4.91. The molecule has 0 saturated carbocycles. The van der Waals surface area contributed by atoms with Gasteiger partial charge < -0.3 is 15.1 Å². The minimum Gasteiger partial charge on any atom is -0.508 e. The minimum absolute atomic E-state index is 0.0100. The molecule has 2 rings (SSSR count). The van der Waals surface area contributed by atoms with E-state index in [4.69, 9.17) is 23.2 Å². The Labute approximate surface area is 117 Å². The fraction of sp³-hybridized carbons (Fsp3) is 0.538. The van der Waals surface area contributed by atoms with Gasteiger partial charge in [0.1, 0.15) is 5.75 Å². The molecule has 1 aromatic carbocycles. The van der Waals surface area contributed by atoms with Crippen molar-refractivity contribution in [3.63, 3.8) is 0 Å². The highest BCUT2D eigenvalue weighted by molar-refractivity contribution is 6.42. The third kappa shape index (κ3) is 2.91. The number of hydrogen-bond donors (Lipinski definition) is 2. The number of aliphatic hydroxyl groups is 1. The molecule has 1 aliphatic rings. The van der Waals surface area contributed by atoms with Gasteiger partial charge in [0.2, 0.25) is 0 Å². The molecule has 1 aromatic rings. The Morgan fingerprint density at radius 1 is 1.22 bits per heavy atom. The number of likely N-dealkylation sites (tertiary alicyclic amines) is 1. The van der Waals surface area contributed by atoms with Gasteiger partial charge in [-0.3, -0.25) is 0 Å². The third-order valence-corrected chi connectivity index (χ3v) is 4.32. The van der Waals surface area contributed by atoms with Crippen LogP contribution in [0, 0.1) is 5.92 Å². The van der Waals surface area contributed by atoms with Crippen LogP contribution < -0.4 is 0 Å². The van der Waals surface area contributed by atoms with Crippen LogP contribution in [-0.2, 0) is 0 Å². The average Bonchev–Trinajstić information content (AvgIpc) is 2.34. The highest BCUT2D eigenvalue weighted by Crippen LogP contribution is 2.38. The van der Waals surface area contributed by atoms with E-state index in [1.54, 1.807) is 6.07 Å². The molecule has 2 N–H and O–H groups in total. The molecule has 0 radical (unpaired) electrons. The number of phenols is 1. The maximum atomic E-state index is 10.3. The molecule has 1 fully saturated rings. The van der Waals surface area contributed by atoms with Gasteiger partial charge in [-0.05, 0) is 45.0 Å². The summed E-state index contributed by atoms with van der Waals surface area (Å²) in [5.74, 6) is 0.167. The van der Waals surface area contributed by atoms with Crippen LogP contribution in [0.5, 0.6) is 5.75 Å². The Hall–Kier alpha value is -0.480. The van der Waals surface area contributed by atoms with E-state index in [0.717, 1.165) is 25.9 Å². The van der Waals surface area contributed by atoms with E-state index in [1.807, 2.05) is 0 Å². The molecular weight excluding hydrogens is 273 g/mol. The molecule has 1 heterocycles. The molecule has 0 aliphatic carbocycles. The van der Waals surface area contributed by atoms with Crippen LogP contribution in [0.25, 0.3) is 0 Å². The van der Waals surface area contributed by atoms with Crippen molar-refractivity contribution >= 4 is 23.2 Å². The summed E-state index contributed by atoms with van der Waals surface area (Å²) >= 11 is 11.7. The maximum Gasteiger partial charge on any atom is 0.122 e. The van der Waals surface area contributed by atoms with Crippen molar-refractivity contribution in [2.75, 3.05) is 20.1 Å². The zero-order valence-electron chi connectivity index (χ0n) is 10.2. The van der Waals surface area contributed by atoms with Gasteiger partial charge in [-0.15, -0.1) is 0 Å². The van der Waals surface area contributed by atoms with Gasteiger partial charge in [-0.2, -0.15) is 0 Å². The SMILES string of the molecule is CN1CCC([C@H](O)c2cc(Cl)c(Cl)cc2O)CC1. The molecule has 5 heteroatoms. The Kier molecular flexibility index (Phi) is 4.38. The molecule has 0 aromatic heterocycles. The largest absolute Gasteiger partial charge is 0.508 e. The Morgan fingerprint density at radius 3 is 2.39 bits per heavy atom. The fourth-order valence-corrected chi connectivity index (χ4v) is 2.72. The molecule has 1 aliphatic heterocycles. The van der Waals surface area contributed by atoms with Crippen LogP contribution in [0.3, 0.4) is 0 Å². The van der Waals surface area contributed by atoms with Gasteiger partial charge >= 0.3 is 0 Å². The van der Waals surface area contributed by atoms with Crippen molar-refractivity contribution in [3.05, 3.63) is 27.7 Å². The first-order chi connectivity index (χ1) is 8.49. The smallest absolute Gasteiger partial charge is 0.122 e. The lowest BCUT2D eigenvalue weighted by molar-refractivity contribution is 0.0640. The number of phenolic OH excluding ortho intramolecular Hbond substituents is 1. The Morgan fingerprint density at radius 2 is 1.78 bits per heavy atom. The fourth-order valence-electron chi connectivity index (χ4n) is 2.39. The summed E-state index contributed by atoms with van der Waals surface area (Å²) < 4.78 is 0. The summed E-state index contributed by atoms with van der Waals surface area (Å²) in [6.45, 7) is 1.92. The summed E-state index contributed by atoms with van der Waals surface area (Å²) in [7, 11) is 2.07. The first kappa shape index (κ1) is 13.9. The molecule has 1 atom stereocenters. The van der Waals surface area contributed by atoms with Crippen molar-refractivity contribution in [1.29, 1.82) is 0 Å². The minimum atomic E-state index is -0.687. The molecule has 3 nitrogen and oxygen atoms in total. The lowest BCUT2D eigenvalue weighted by Gasteiger charge is -2.32. The van der Waals surface area contributed by atoms with Crippen molar-refractivity contribution in [2.24, 2.45) is 5.92 Å². The number of hydrogen-bond acceptors (Lipinski definition) is 3. The molecular formula is C13H17Cl2NO2. The standard InChI is InChI=1S/C13H17Cl2NO2/c1-16-4-2-8(3-5-16)13(18)9-6-10(14)11(15)7-12(9)17/h6-8,13,17-18H,2-5H2,1H3/t13-/m0/s1. The first-order valence-corrected chi connectivity index (χ1v) is 6.79. The first-order valence-electron chi connectivity index (χ1n) is 6.03. The number of aliphatic hydroxyl groups excluding tert-OH is 1. The van der Waals surface area contributed by atoms with Crippen LogP contribution in [0.15, 0.2) is 12.1 Å². The summed E-state index contributed by atoms with van der Waals surface area (Å²) in [6.07, 6.45) is 1.14. The number of piperidine rings is 1.